The van der Waals surface area contributed by atoms with E-state index in [1.165, 1.54) is 0 Å². The fourth-order valence-electron chi connectivity index (χ4n) is 1.78. The molecule has 19 heavy (non-hydrogen) atoms. The first-order valence-corrected chi connectivity index (χ1v) is 6.05. The van der Waals surface area contributed by atoms with Gasteiger partial charge in [0.1, 0.15) is 0 Å². The molecule has 0 radical (unpaired) electrons. The number of amides is 1. The molecule has 0 bridgehead atoms. The Balaban J connectivity index is 2.01. The molecule has 0 saturated heterocycles. The Morgan fingerprint density at radius 1 is 1.32 bits per heavy atom. The van der Waals surface area contributed by atoms with E-state index in [1.807, 2.05) is 31.2 Å². The van der Waals surface area contributed by atoms with Crippen molar-refractivity contribution in [1.29, 1.82) is 0 Å². The van der Waals surface area contributed by atoms with E-state index in [4.69, 9.17) is 5.73 Å². The number of anilines is 1. The third-order valence-corrected chi connectivity index (χ3v) is 2.74. The van der Waals surface area contributed by atoms with Gasteiger partial charge in [0.25, 0.3) is 0 Å². The molecule has 2 aromatic rings. The molecule has 0 aliphatic heterocycles. The number of nitrogens with zero attached hydrogens (tertiary/aromatic N) is 2. The maximum absolute atomic E-state index is 10.8. The molecule has 5 nitrogen and oxygen atoms in total. The highest BCUT2D eigenvalue weighted by molar-refractivity contribution is 5.76. The Hall–Kier alpha value is -2.43. The Kier molecular flexibility index (Phi) is 4.07. The molecule has 1 aromatic carbocycles. The predicted molar refractivity (Wildman–Crippen MR) is 73.4 cm³/mol. The van der Waals surface area contributed by atoms with E-state index in [9.17, 15) is 4.79 Å². The van der Waals surface area contributed by atoms with Crippen molar-refractivity contribution >= 4 is 11.6 Å². The molecule has 5 heteroatoms. The zero-order chi connectivity index (χ0) is 13.7. The molecule has 1 amide bonds. The number of rotatable bonds is 5. The van der Waals surface area contributed by atoms with Crippen molar-refractivity contribution in [1.82, 2.24) is 9.97 Å². The molecule has 1 heterocycles. The van der Waals surface area contributed by atoms with E-state index in [2.05, 4.69) is 15.3 Å². The van der Waals surface area contributed by atoms with Crippen molar-refractivity contribution < 1.29 is 4.79 Å². The fourth-order valence-corrected chi connectivity index (χ4v) is 1.78. The standard InChI is InChI=1S/C14H16N4O/c1-10(13-9-16-6-7-17-13)18-12-4-2-11(3-5-12)8-14(15)19/h2-7,9-10,18H,8H2,1H3,(H2,15,19). The van der Waals surface area contributed by atoms with Gasteiger partial charge in [0.05, 0.1) is 24.4 Å². The number of aromatic nitrogens is 2. The van der Waals surface area contributed by atoms with Gasteiger partial charge in [0, 0.05) is 18.1 Å². The SMILES string of the molecule is CC(Nc1ccc(CC(N)=O)cc1)c1cnccn1. The first kappa shape index (κ1) is 13.0. The lowest BCUT2D eigenvalue weighted by atomic mass is 10.1. The van der Waals surface area contributed by atoms with E-state index in [0.717, 1.165) is 16.9 Å². The quantitative estimate of drug-likeness (QED) is 0.852. The van der Waals surface area contributed by atoms with Crippen LogP contribution >= 0.6 is 0 Å². The summed E-state index contributed by atoms with van der Waals surface area (Å²) in [6.45, 7) is 2.02. The molecule has 1 atom stereocenters. The minimum absolute atomic E-state index is 0.0655. The lowest BCUT2D eigenvalue weighted by Crippen LogP contribution is -2.13. The zero-order valence-electron chi connectivity index (χ0n) is 10.7. The van der Waals surface area contributed by atoms with E-state index in [-0.39, 0.29) is 18.4 Å². The van der Waals surface area contributed by atoms with Gasteiger partial charge in [0.2, 0.25) is 5.91 Å². The largest absolute Gasteiger partial charge is 0.377 e. The van der Waals surface area contributed by atoms with Crippen LogP contribution in [0.5, 0.6) is 0 Å². The lowest BCUT2D eigenvalue weighted by molar-refractivity contribution is -0.117. The molecule has 1 unspecified atom stereocenters. The number of hydrogen-bond donors (Lipinski definition) is 2. The van der Waals surface area contributed by atoms with Crippen LogP contribution in [0, 0.1) is 0 Å². The van der Waals surface area contributed by atoms with Crippen LogP contribution in [0.3, 0.4) is 0 Å². The zero-order valence-corrected chi connectivity index (χ0v) is 10.7. The number of benzene rings is 1. The minimum Gasteiger partial charge on any atom is -0.377 e. The summed E-state index contributed by atoms with van der Waals surface area (Å²) < 4.78 is 0. The van der Waals surface area contributed by atoms with Crippen LogP contribution in [-0.4, -0.2) is 15.9 Å². The van der Waals surface area contributed by atoms with Gasteiger partial charge in [-0.1, -0.05) is 12.1 Å². The normalized spacial score (nSPS) is 11.8. The van der Waals surface area contributed by atoms with E-state index in [0.29, 0.717) is 0 Å². The van der Waals surface area contributed by atoms with Crippen molar-refractivity contribution in [3.05, 3.63) is 54.1 Å². The minimum atomic E-state index is -0.325. The van der Waals surface area contributed by atoms with Gasteiger partial charge in [-0.3, -0.25) is 14.8 Å². The Bertz CT molecular complexity index is 539. The van der Waals surface area contributed by atoms with Crippen LogP contribution in [0.2, 0.25) is 0 Å². The third kappa shape index (κ3) is 3.77. The molecular weight excluding hydrogens is 240 g/mol. The second-order valence-electron chi connectivity index (χ2n) is 4.34. The van der Waals surface area contributed by atoms with Gasteiger partial charge < -0.3 is 11.1 Å². The van der Waals surface area contributed by atoms with Gasteiger partial charge in [0.15, 0.2) is 0 Å². The highest BCUT2D eigenvalue weighted by Crippen LogP contribution is 2.17. The van der Waals surface area contributed by atoms with Gasteiger partial charge in [-0.2, -0.15) is 0 Å². The second-order valence-corrected chi connectivity index (χ2v) is 4.34. The highest BCUT2D eigenvalue weighted by atomic mass is 16.1. The van der Waals surface area contributed by atoms with Crippen LogP contribution in [0.15, 0.2) is 42.9 Å². The van der Waals surface area contributed by atoms with E-state index >= 15 is 0 Å². The van der Waals surface area contributed by atoms with E-state index in [1.54, 1.807) is 18.6 Å². The van der Waals surface area contributed by atoms with Crippen LogP contribution in [0.25, 0.3) is 0 Å². The van der Waals surface area contributed by atoms with Gasteiger partial charge >= 0.3 is 0 Å². The van der Waals surface area contributed by atoms with Crippen molar-refractivity contribution in [2.75, 3.05) is 5.32 Å². The van der Waals surface area contributed by atoms with Gasteiger partial charge in [-0.25, -0.2) is 0 Å². The smallest absolute Gasteiger partial charge is 0.221 e. The molecule has 2 rings (SSSR count). The van der Waals surface area contributed by atoms with Crippen molar-refractivity contribution in [2.45, 2.75) is 19.4 Å². The number of carbonyl (C=O) groups excluding carboxylic acids is 1. The van der Waals surface area contributed by atoms with Crippen LogP contribution in [0.4, 0.5) is 5.69 Å². The first-order valence-electron chi connectivity index (χ1n) is 6.05. The molecule has 0 aliphatic rings. The molecule has 0 spiro atoms. The number of primary amides is 1. The number of nitrogens with two attached hydrogens (primary N) is 1. The lowest BCUT2D eigenvalue weighted by Gasteiger charge is -2.14. The van der Waals surface area contributed by atoms with Crippen LogP contribution in [0.1, 0.15) is 24.2 Å². The third-order valence-electron chi connectivity index (χ3n) is 2.74. The average Bonchev–Trinajstić information content (AvgIpc) is 2.41. The topological polar surface area (TPSA) is 80.9 Å². The van der Waals surface area contributed by atoms with E-state index < -0.39 is 0 Å². The fraction of sp³-hybridized carbons (Fsp3) is 0.214. The average molecular weight is 256 g/mol. The van der Waals surface area contributed by atoms with Crippen molar-refractivity contribution in [3.63, 3.8) is 0 Å². The highest BCUT2D eigenvalue weighted by Gasteiger charge is 2.06. The summed E-state index contributed by atoms with van der Waals surface area (Å²) in [4.78, 5) is 19.1. The Morgan fingerprint density at radius 3 is 2.63 bits per heavy atom. The molecule has 0 aliphatic carbocycles. The van der Waals surface area contributed by atoms with Crippen molar-refractivity contribution in [2.24, 2.45) is 5.73 Å². The summed E-state index contributed by atoms with van der Waals surface area (Å²) in [5.74, 6) is -0.325. The Labute approximate surface area is 111 Å². The molecular formula is C14H16N4O. The first-order chi connectivity index (χ1) is 9.15. The van der Waals surface area contributed by atoms with Gasteiger partial charge in [-0.05, 0) is 24.6 Å². The molecule has 3 N–H and O–H groups in total. The molecule has 1 aromatic heterocycles. The molecule has 0 fully saturated rings. The van der Waals surface area contributed by atoms with Crippen molar-refractivity contribution in [3.8, 4) is 0 Å². The summed E-state index contributed by atoms with van der Waals surface area (Å²) in [6.07, 6.45) is 5.32. The maximum atomic E-state index is 10.8. The summed E-state index contributed by atoms with van der Waals surface area (Å²) in [5.41, 5.74) is 7.90. The number of hydrogen-bond acceptors (Lipinski definition) is 4. The number of nitrogens with one attached hydrogen (secondary N) is 1. The number of carbonyl (C=O) groups is 1. The summed E-state index contributed by atoms with van der Waals surface area (Å²) in [5, 5.41) is 3.32. The summed E-state index contributed by atoms with van der Waals surface area (Å²) in [6, 6.07) is 7.68. The van der Waals surface area contributed by atoms with Crippen LogP contribution < -0.4 is 11.1 Å². The Morgan fingerprint density at radius 2 is 2.05 bits per heavy atom. The summed E-state index contributed by atoms with van der Waals surface area (Å²) in [7, 11) is 0. The predicted octanol–water partition coefficient (Wildman–Crippen LogP) is 1.68. The second kappa shape index (κ2) is 5.95. The van der Waals surface area contributed by atoms with Crippen LogP contribution in [-0.2, 0) is 11.2 Å². The van der Waals surface area contributed by atoms with Gasteiger partial charge in [-0.15, -0.1) is 0 Å². The molecule has 98 valence electrons. The maximum Gasteiger partial charge on any atom is 0.221 e. The molecule has 0 saturated carbocycles. The monoisotopic (exact) mass is 256 g/mol. The summed E-state index contributed by atoms with van der Waals surface area (Å²) >= 11 is 0.